The molecule has 2 aromatic rings. The summed E-state index contributed by atoms with van der Waals surface area (Å²) >= 11 is 0. The summed E-state index contributed by atoms with van der Waals surface area (Å²) in [6.07, 6.45) is 3.55. The van der Waals surface area contributed by atoms with Crippen molar-refractivity contribution in [2.75, 3.05) is 13.1 Å². The quantitative estimate of drug-likeness (QED) is 0.925. The molecule has 1 aromatic heterocycles. The molecule has 4 rings (SSSR count). The molecular weight excluding hydrogens is 297 g/mol. The summed E-state index contributed by atoms with van der Waals surface area (Å²) in [7, 11) is 0. The Bertz CT molecular complexity index is 717. The Balaban J connectivity index is 1.47. The first-order valence-electron chi connectivity index (χ1n) is 7.94. The zero-order chi connectivity index (χ0) is 15.8. The number of likely N-dealkylation sites (tertiary alicyclic amines) is 1. The van der Waals surface area contributed by atoms with Crippen molar-refractivity contribution in [2.24, 2.45) is 0 Å². The first-order chi connectivity index (χ1) is 11.2. The summed E-state index contributed by atoms with van der Waals surface area (Å²) < 4.78 is 19.3. The van der Waals surface area contributed by atoms with Gasteiger partial charge in [0.25, 0.3) is 5.91 Å². The second-order valence-electron chi connectivity index (χ2n) is 6.17. The molecule has 1 N–H and O–H groups in total. The number of H-pyrrole nitrogens is 1. The number of hydrogen-bond acceptors (Lipinski definition) is 3. The lowest BCUT2D eigenvalue weighted by atomic mass is 9.94. The fourth-order valence-corrected chi connectivity index (χ4v) is 3.50. The zero-order valence-corrected chi connectivity index (χ0v) is 12.7. The van der Waals surface area contributed by atoms with Crippen molar-refractivity contribution in [3.05, 3.63) is 47.5 Å². The van der Waals surface area contributed by atoms with Crippen LogP contribution in [0.15, 0.2) is 30.5 Å². The number of para-hydroxylation sites is 1. The number of carbonyl (C=O) groups excluding carboxylic acids is 1. The summed E-state index contributed by atoms with van der Waals surface area (Å²) in [5.74, 6) is 0.0558. The van der Waals surface area contributed by atoms with E-state index in [-0.39, 0.29) is 17.6 Å². The van der Waals surface area contributed by atoms with Crippen molar-refractivity contribution in [3.63, 3.8) is 0 Å². The Labute approximate surface area is 133 Å². The van der Waals surface area contributed by atoms with E-state index in [1.807, 2.05) is 17.0 Å². The molecule has 1 amide bonds. The summed E-state index contributed by atoms with van der Waals surface area (Å²) in [6, 6.07) is 6.78. The lowest BCUT2D eigenvalue weighted by molar-refractivity contribution is -0.139. The number of nitrogens with one attached hydrogen (secondary N) is 1. The molecular formula is C17H18FN3O2. The number of rotatable bonds is 2. The third kappa shape index (κ3) is 2.58. The summed E-state index contributed by atoms with van der Waals surface area (Å²) in [6.45, 7) is 1.38. The van der Waals surface area contributed by atoms with E-state index in [2.05, 4.69) is 10.2 Å². The number of halogens is 1. The number of amides is 1. The van der Waals surface area contributed by atoms with Crippen LogP contribution in [0.1, 0.15) is 30.0 Å². The standard InChI is InChI=1S/C17H18FN3O2/c18-13-5-1-3-11-9-15(23-16(11)13)17(22)21-8-2-4-12(10-21)14-6-7-19-20-14/h1,3,5-7,12,15H,2,4,8-10H2,(H,19,20). The van der Waals surface area contributed by atoms with Gasteiger partial charge in [-0.3, -0.25) is 9.89 Å². The van der Waals surface area contributed by atoms with E-state index in [1.54, 1.807) is 12.3 Å². The van der Waals surface area contributed by atoms with Gasteiger partial charge in [0.2, 0.25) is 0 Å². The van der Waals surface area contributed by atoms with Crippen molar-refractivity contribution in [1.29, 1.82) is 0 Å². The molecule has 2 aliphatic rings. The summed E-state index contributed by atoms with van der Waals surface area (Å²) in [5, 5.41) is 6.98. The average Bonchev–Trinajstić information content (AvgIpc) is 3.24. The Morgan fingerprint density at radius 2 is 2.30 bits per heavy atom. The average molecular weight is 315 g/mol. The molecule has 6 heteroatoms. The van der Waals surface area contributed by atoms with E-state index in [0.29, 0.717) is 13.0 Å². The number of ether oxygens (including phenoxy) is 1. The lowest BCUT2D eigenvalue weighted by Crippen LogP contribution is -2.46. The minimum atomic E-state index is -0.609. The van der Waals surface area contributed by atoms with Gasteiger partial charge in [0, 0.05) is 42.9 Å². The maximum absolute atomic E-state index is 13.8. The van der Waals surface area contributed by atoms with Crippen molar-refractivity contribution in [1.82, 2.24) is 15.1 Å². The number of fused-ring (bicyclic) bond motifs is 1. The SMILES string of the molecule is O=C(C1Cc2cccc(F)c2O1)N1CCCC(c2ccn[nH]2)C1. The molecule has 0 bridgehead atoms. The topological polar surface area (TPSA) is 58.2 Å². The molecule has 1 aromatic carbocycles. The molecule has 2 atom stereocenters. The maximum Gasteiger partial charge on any atom is 0.264 e. The lowest BCUT2D eigenvalue weighted by Gasteiger charge is -2.33. The molecule has 1 fully saturated rings. The highest BCUT2D eigenvalue weighted by atomic mass is 19.1. The van der Waals surface area contributed by atoms with Crippen LogP contribution in [0.5, 0.6) is 5.75 Å². The molecule has 1 saturated heterocycles. The van der Waals surface area contributed by atoms with Gasteiger partial charge >= 0.3 is 0 Å². The highest BCUT2D eigenvalue weighted by Crippen LogP contribution is 2.33. The van der Waals surface area contributed by atoms with E-state index in [0.717, 1.165) is 30.6 Å². The van der Waals surface area contributed by atoms with E-state index >= 15 is 0 Å². The van der Waals surface area contributed by atoms with Gasteiger partial charge in [0.05, 0.1) is 0 Å². The van der Waals surface area contributed by atoms with Gasteiger partial charge in [-0.05, 0) is 25.0 Å². The second kappa shape index (κ2) is 5.68. The Kier molecular flexibility index (Phi) is 3.52. The molecule has 3 heterocycles. The smallest absolute Gasteiger partial charge is 0.264 e. The molecule has 5 nitrogen and oxygen atoms in total. The number of benzene rings is 1. The largest absolute Gasteiger partial charge is 0.477 e. The second-order valence-corrected chi connectivity index (χ2v) is 6.17. The minimum Gasteiger partial charge on any atom is -0.477 e. The monoisotopic (exact) mass is 315 g/mol. The van der Waals surface area contributed by atoms with Crippen LogP contribution in [0.4, 0.5) is 4.39 Å². The van der Waals surface area contributed by atoms with Crippen molar-refractivity contribution < 1.29 is 13.9 Å². The minimum absolute atomic E-state index is 0.0511. The number of carbonyl (C=O) groups is 1. The third-order valence-electron chi connectivity index (χ3n) is 4.68. The highest BCUT2D eigenvalue weighted by Gasteiger charge is 2.36. The van der Waals surface area contributed by atoms with E-state index in [4.69, 9.17) is 4.74 Å². The molecule has 23 heavy (non-hydrogen) atoms. The van der Waals surface area contributed by atoms with E-state index in [1.165, 1.54) is 6.07 Å². The van der Waals surface area contributed by atoms with Gasteiger partial charge in [-0.1, -0.05) is 12.1 Å². The Morgan fingerprint density at radius 1 is 1.39 bits per heavy atom. The van der Waals surface area contributed by atoms with Crippen LogP contribution in [-0.2, 0) is 11.2 Å². The van der Waals surface area contributed by atoms with Gasteiger partial charge in [0.1, 0.15) is 0 Å². The Morgan fingerprint density at radius 3 is 3.09 bits per heavy atom. The van der Waals surface area contributed by atoms with Crippen molar-refractivity contribution >= 4 is 5.91 Å². The molecule has 0 spiro atoms. The number of hydrogen-bond donors (Lipinski definition) is 1. The molecule has 0 radical (unpaired) electrons. The first kappa shape index (κ1) is 14.2. The van der Waals surface area contributed by atoms with Gasteiger partial charge in [0.15, 0.2) is 17.7 Å². The van der Waals surface area contributed by atoms with Crippen molar-refractivity contribution in [2.45, 2.75) is 31.3 Å². The number of nitrogens with zero attached hydrogens (tertiary/aromatic N) is 2. The number of aromatic nitrogens is 2. The normalized spacial score (nSPS) is 23.4. The molecule has 0 saturated carbocycles. The predicted octanol–water partition coefficient (Wildman–Crippen LogP) is 2.26. The predicted molar refractivity (Wildman–Crippen MR) is 81.7 cm³/mol. The van der Waals surface area contributed by atoms with Crippen LogP contribution in [0, 0.1) is 5.82 Å². The Hall–Kier alpha value is -2.37. The van der Waals surface area contributed by atoms with Crippen molar-refractivity contribution in [3.8, 4) is 5.75 Å². The molecule has 2 unspecified atom stereocenters. The van der Waals surface area contributed by atoms with E-state index in [9.17, 15) is 9.18 Å². The van der Waals surface area contributed by atoms with Crippen LogP contribution in [-0.4, -0.2) is 40.2 Å². The number of aromatic amines is 1. The van der Waals surface area contributed by atoms with Crippen LogP contribution < -0.4 is 4.74 Å². The van der Waals surface area contributed by atoms with Gasteiger partial charge in [-0.25, -0.2) is 4.39 Å². The summed E-state index contributed by atoms with van der Waals surface area (Å²) in [5.41, 5.74) is 1.83. The van der Waals surface area contributed by atoms with Gasteiger partial charge < -0.3 is 9.64 Å². The molecule has 0 aliphatic carbocycles. The van der Waals surface area contributed by atoms with Crippen LogP contribution in [0.25, 0.3) is 0 Å². The third-order valence-corrected chi connectivity index (χ3v) is 4.68. The molecule has 120 valence electrons. The maximum atomic E-state index is 13.8. The molecule has 2 aliphatic heterocycles. The number of piperidine rings is 1. The highest BCUT2D eigenvalue weighted by molar-refractivity contribution is 5.82. The zero-order valence-electron chi connectivity index (χ0n) is 12.7. The van der Waals surface area contributed by atoms with Crippen LogP contribution in [0.3, 0.4) is 0 Å². The fraction of sp³-hybridized carbons (Fsp3) is 0.412. The fourth-order valence-electron chi connectivity index (χ4n) is 3.50. The summed E-state index contributed by atoms with van der Waals surface area (Å²) in [4.78, 5) is 14.6. The first-order valence-corrected chi connectivity index (χ1v) is 7.94. The van der Waals surface area contributed by atoms with Gasteiger partial charge in [-0.15, -0.1) is 0 Å². The van der Waals surface area contributed by atoms with Crippen LogP contribution >= 0.6 is 0 Å². The van der Waals surface area contributed by atoms with Gasteiger partial charge in [-0.2, -0.15) is 5.10 Å². The van der Waals surface area contributed by atoms with Crippen LogP contribution in [0.2, 0.25) is 0 Å². The van der Waals surface area contributed by atoms with E-state index < -0.39 is 11.9 Å².